The third-order valence-corrected chi connectivity index (χ3v) is 7.20. The third kappa shape index (κ3) is 6.34. The molecule has 2 aliphatic rings. The third-order valence-electron chi connectivity index (χ3n) is 7.20. The molecule has 1 nitrogen and oxygen atoms in total. The molecule has 28 heavy (non-hydrogen) atoms. The molecule has 2 saturated carbocycles. The molecule has 0 aliphatic heterocycles. The highest BCUT2D eigenvalue weighted by molar-refractivity contribution is 5.25. The van der Waals surface area contributed by atoms with Crippen molar-refractivity contribution in [2.24, 2.45) is 17.8 Å². The lowest BCUT2D eigenvalue weighted by molar-refractivity contribution is 0.148. The van der Waals surface area contributed by atoms with Crippen LogP contribution >= 0.6 is 0 Å². The van der Waals surface area contributed by atoms with Gasteiger partial charge in [0.2, 0.25) is 0 Å². The molecule has 0 unspecified atom stereocenters. The maximum atomic E-state index is 5.67. The van der Waals surface area contributed by atoms with E-state index < -0.39 is 0 Å². The molecule has 0 radical (unpaired) electrons. The number of hydrogen-bond acceptors (Lipinski definition) is 1. The Morgan fingerprint density at radius 3 is 2.00 bits per heavy atom. The fourth-order valence-corrected chi connectivity index (χ4v) is 5.37. The largest absolute Gasteiger partial charge is 0.373 e. The van der Waals surface area contributed by atoms with Gasteiger partial charge in [-0.1, -0.05) is 48.6 Å². The molecule has 0 amide bonds. The fourth-order valence-electron chi connectivity index (χ4n) is 5.37. The predicted molar refractivity (Wildman–Crippen MR) is 120 cm³/mol. The van der Waals surface area contributed by atoms with E-state index in [1.807, 2.05) is 13.0 Å². The summed E-state index contributed by atoms with van der Waals surface area (Å²) in [7, 11) is 0. The second-order valence-electron chi connectivity index (χ2n) is 9.02. The monoisotopic (exact) mass is 380 g/mol. The van der Waals surface area contributed by atoms with E-state index in [9.17, 15) is 0 Å². The highest BCUT2D eigenvalue weighted by atomic mass is 16.5. The highest BCUT2D eigenvalue weighted by Crippen LogP contribution is 2.44. The minimum atomic E-state index is 0.708. The Bertz CT molecular complexity index is 596. The normalized spacial score (nSPS) is 28.9. The van der Waals surface area contributed by atoms with E-state index in [0.717, 1.165) is 23.7 Å². The summed E-state index contributed by atoms with van der Waals surface area (Å²) in [5.41, 5.74) is 2.84. The summed E-state index contributed by atoms with van der Waals surface area (Å²) in [6.07, 6.45) is 21.6. The average Bonchev–Trinajstić information content (AvgIpc) is 2.76. The van der Waals surface area contributed by atoms with Crippen molar-refractivity contribution in [3.63, 3.8) is 0 Å². The van der Waals surface area contributed by atoms with Crippen LogP contribution in [-0.2, 0) is 11.3 Å². The van der Waals surface area contributed by atoms with Crippen LogP contribution in [0.3, 0.4) is 0 Å². The van der Waals surface area contributed by atoms with Crippen LogP contribution in [0.25, 0.3) is 0 Å². The van der Waals surface area contributed by atoms with Crippen molar-refractivity contribution < 1.29 is 4.74 Å². The lowest BCUT2D eigenvalue weighted by Gasteiger charge is -2.38. The second kappa shape index (κ2) is 11.6. The van der Waals surface area contributed by atoms with Crippen molar-refractivity contribution in [1.29, 1.82) is 0 Å². The summed E-state index contributed by atoms with van der Waals surface area (Å²) in [5, 5.41) is 0. The molecule has 2 aliphatic carbocycles. The molecule has 0 heterocycles. The van der Waals surface area contributed by atoms with Crippen LogP contribution in [0.15, 0.2) is 48.6 Å². The van der Waals surface area contributed by atoms with Crippen molar-refractivity contribution in [2.75, 3.05) is 6.61 Å². The molecular weight excluding hydrogens is 340 g/mol. The van der Waals surface area contributed by atoms with Crippen molar-refractivity contribution in [2.45, 2.75) is 84.2 Å². The standard InChI is InChI=1S/C27H40O/c1-3-5-7-22-8-12-24(13-9-22)26-16-18-27(19-17-26)25-14-10-23(11-15-25)21-28-20-6-4-2/h3-6,10-11,14-15,22,24,26-27H,7-9,12-13,16-21H2,1-2H3/b5-3+,6-4?. The maximum absolute atomic E-state index is 5.67. The average molecular weight is 381 g/mol. The van der Waals surface area contributed by atoms with Crippen LogP contribution in [0.4, 0.5) is 0 Å². The summed E-state index contributed by atoms with van der Waals surface area (Å²) in [5.74, 6) is 3.75. The number of allylic oxidation sites excluding steroid dienone is 3. The zero-order valence-electron chi connectivity index (χ0n) is 18.1. The summed E-state index contributed by atoms with van der Waals surface area (Å²) >= 11 is 0. The van der Waals surface area contributed by atoms with E-state index in [2.05, 4.69) is 49.4 Å². The smallest absolute Gasteiger partial charge is 0.0721 e. The number of rotatable bonds is 8. The first kappa shape index (κ1) is 21.4. The van der Waals surface area contributed by atoms with Gasteiger partial charge >= 0.3 is 0 Å². The van der Waals surface area contributed by atoms with Crippen LogP contribution in [0, 0.1) is 17.8 Å². The Labute approximate surface area is 173 Å². The topological polar surface area (TPSA) is 9.23 Å². The van der Waals surface area contributed by atoms with Crippen LogP contribution in [0.2, 0.25) is 0 Å². The van der Waals surface area contributed by atoms with Gasteiger partial charge in [0.05, 0.1) is 13.2 Å². The molecule has 0 spiro atoms. The fraction of sp³-hybridized carbons (Fsp3) is 0.630. The zero-order chi connectivity index (χ0) is 19.6. The van der Waals surface area contributed by atoms with Crippen molar-refractivity contribution in [3.05, 3.63) is 59.7 Å². The van der Waals surface area contributed by atoms with Gasteiger partial charge in [-0.15, -0.1) is 0 Å². The van der Waals surface area contributed by atoms with Gasteiger partial charge in [0.1, 0.15) is 0 Å². The lowest BCUT2D eigenvalue weighted by atomic mass is 9.68. The molecule has 1 aromatic carbocycles. The van der Waals surface area contributed by atoms with Crippen molar-refractivity contribution in [1.82, 2.24) is 0 Å². The first-order valence-corrected chi connectivity index (χ1v) is 11.7. The Hall–Kier alpha value is -1.34. The summed E-state index contributed by atoms with van der Waals surface area (Å²) in [4.78, 5) is 0. The first-order valence-electron chi connectivity index (χ1n) is 11.7. The second-order valence-corrected chi connectivity index (χ2v) is 9.02. The molecule has 0 N–H and O–H groups in total. The Morgan fingerprint density at radius 2 is 1.39 bits per heavy atom. The van der Waals surface area contributed by atoms with Gasteiger partial charge < -0.3 is 4.74 Å². The first-order chi connectivity index (χ1) is 13.8. The Morgan fingerprint density at radius 1 is 0.786 bits per heavy atom. The molecule has 3 rings (SSSR count). The van der Waals surface area contributed by atoms with Crippen LogP contribution in [-0.4, -0.2) is 6.61 Å². The van der Waals surface area contributed by atoms with E-state index >= 15 is 0 Å². The van der Waals surface area contributed by atoms with Gasteiger partial charge in [0, 0.05) is 0 Å². The zero-order valence-corrected chi connectivity index (χ0v) is 18.1. The van der Waals surface area contributed by atoms with Crippen LogP contribution < -0.4 is 0 Å². The molecule has 154 valence electrons. The number of hydrogen-bond donors (Lipinski definition) is 0. The lowest BCUT2D eigenvalue weighted by Crippen LogP contribution is -2.25. The van der Waals surface area contributed by atoms with E-state index in [0.29, 0.717) is 13.2 Å². The summed E-state index contributed by atoms with van der Waals surface area (Å²) in [6, 6.07) is 9.24. The van der Waals surface area contributed by atoms with Gasteiger partial charge in [0.15, 0.2) is 0 Å². The predicted octanol–water partition coefficient (Wildman–Crippen LogP) is 7.83. The molecule has 1 aromatic rings. The summed E-state index contributed by atoms with van der Waals surface area (Å²) in [6.45, 7) is 5.60. The molecule has 2 fully saturated rings. The molecule has 0 bridgehead atoms. The van der Waals surface area contributed by atoms with E-state index in [-0.39, 0.29) is 0 Å². The van der Waals surface area contributed by atoms with E-state index in [1.165, 1.54) is 63.4 Å². The quantitative estimate of drug-likeness (QED) is 0.330. The molecule has 0 saturated heterocycles. The molecule has 1 heteroatoms. The van der Waals surface area contributed by atoms with Gasteiger partial charge in [-0.3, -0.25) is 0 Å². The van der Waals surface area contributed by atoms with Crippen molar-refractivity contribution in [3.8, 4) is 0 Å². The Kier molecular flexibility index (Phi) is 8.86. The molecule has 0 atom stereocenters. The Balaban J connectivity index is 1.40. The van der Waals surface area contributed by atoms with Gasteiger partial charge in [-0.25, -0.2) is 0 Å². The van der Waals surface area contributed by atoms with Gasteiger partial charge in [-0.05, 0) is 106 Å². The highest BCUT2D eigenvalue weighted by Gasteiger charge is 2.30. The number of benzene rings is 1. The maximum Gasteiger partial charge on any atom is 0.0721 e. The van der Waals surface area contributed by atoms with Gasteiger partial charge in [-0.2, -0.15) is 0 Å². The number of ether oxygens (including phenoxy) is 1. The minimum absolute atomic E-state index is 0.708. The molecule has 0 aromatic heterocycles. The van der Waals surface area contributed by atoms with Crippen LogP contribution in [0.5, 0.6) is 0 Å². The summed E-state index contributed by atoms with van der Waals surface area (Å²) < 4.78 is 5.67. The van der Waals surface area contributed by atoms with E-state index in [1.54, 1.807) is 5.56 Å². The minimum Gasteiger partial charge on any atom is -0.373 e. The van der Waals surface area contributed by atoms with Crippen molar-refractivity contribution >= 4 is 0 Å². The van der Waals surface area contributed by atoms with Crippen LogP contribution in [0.1, 0.15) is 88.7 Å². The molecular formula is C27H40O. The van der Waals surface area contributed by atoms with Gasteiger partial charge in [0.25, 0.3) is 0 Å². The van der Waals surface area contributed by atoms with E-state index in [4.69, 9.17) is 4.74 Å². The SMILES string of the molecule is CC=CCOCc1ccc(C2CCC(C3CCC(C/C=C/C)CC3)CC2)cc1.